The predicted molar refractivity (Wildman–Crippen MR) is 77.8 cm³/mol. The van der Waals surface area contributed by atoms with Crippen LogP contribution >= 0.6 is 24.4 Å². The fraction of sp³-hybridized carbons (Fsp3) is 0.167. The average molecular weight is 270 g/mol. The van der Waals surface area contributed by atoms with Gasteiger partial charge in [0, 0.05) is 0 Å². The van der Waals surface area contributed by atoms with Crippen LogP contribution in [0.5, 0.6) is 0 Å². The molecule has 0 bridgehead atoms. The average Bonchev–Trinajstić information content (AvgIpc) is 2.30. The summed E-state index contributed by atoms with van der Waals surface area (Å²) in [7, 11) is 0. The summed E-state index contributed by atoms with van der Waals surface area (Å²) in [5.41, 5.74) is 1.17. The number of rotatable bonds is 5. The van der Waals surface area contributed by atoms with Crippen molar-refractivity contribution >= 4 is 40.6 Å². The summed E-state index contributed by atoms with van der Waals surface area (Å²) in [6, 6.07) is 10.0. The van der Waals surface area contributed by atoms with Gasteiger partial charge in [0.15, 0.2) is 10.1 Å². The van der Waals surface area contributed by atoms with E-state index in [1.54, 1.807) is 0 Å². The zero-order chi connectivity index (χ0) is 13.1. The Balaban J connectivity index is 0.000000302. The van der Waals surface area contributed by atoms with Crippen LogP contribution in [0.25, 0.3) is 6.08 Å². The highest BCUT2D eigenvalue weighted by Crippen LogP contribution is 1.97. The second-order valence-corrected chi connectivity index (χ2v) is 3.84. The Labute approximate surface area is 111 Å². The lowest BCUT2D eigenvalue weighted by molar-refractivity contribution is 0.194. The molecule has 2 N–H and O–H groups in total. The van der Waals surface area contributed by atoms with Crippen molar-refractivity contribution in [2.75, 3.05) is 13.2 Å². The lowest BCUT2D eigenvalue weighted by Gasteiger charge is -1.96. The van der Waals surface area contributed by atoms with Crippen LogP contribution in [0.2, 0.25) is 0 Å². The van der Waals surface area contributed by atoms with Crippen molar-refractivity contribution in [2.45, 2.75) is 0 Å². The Bertz CT molecular complexity index is 349. The van der Waals surface area contributed by atoms with Crippen molar-refractivity contribution < 1.29 is 14.9 Å². The van der Waals surface area contributed by atoms with Gasteiger partial charge in [-0.2, -0.15) is 0 Å². The molecule has 0 unspecified atom stereocenters. The molecule has 0 heterocycles. The van der Waals surface area contributed by atoms with Gasteiger partial charge >= 0.3 is 0 Å². The third-order valence-electron chi connectivity index (χ3n) is 1.49. The van der Waals surface area contributed by atoms with Crippen molar-refractivity contribution in [3.63, 3.8) is 0 Å². The molecule has 0 saturated carbocycles. The number of hydrogen-bond acceptors (Lipinski definition) is 3. The molecule has 0 aromatic heterocycles. The van der Waals surface area contributed by atoms with Crippen molar-refractivity contribution in [3.05, 3.63) is 42.5 Å². The number of aliphatic hydroxyl groups excluding tert-OH is 2. The van der Waals surface area contributed by atoms with E-state index >= 15 is 0 Å². The normalized spacial score (nSPS) is 8.71. The third-order valence-corrected chi connectivity index (χ3v) is 1.72. The van der Waals surface area contributed by atoms with Gasteiger partial charge in [-0.1, -0.05) is 43.0 Å². The van der Waals surface area contributed by atoms with Gasteiger partial charge in [-0.25, -0.2) is 0 Å². The molecule has 0 aliphatic carbocycles. The van der Waals surface area contributed by atoms with Gasteiger partial charge < -0.3 is 14.9 Å². The summed E-state index contributed by atoms with van der Waals surface area (Å²) in [4.78, 5) is 0. The zero-order valence-corrected chi connectivity index (χ0v) is 10.8. The van der Waals surface area contributed by atoms with E-state index < -0.39 is 0 Å². The van der Waals surface area contributed by atoms with Crippen LogP contribution in [0.1, 0.15) is 5.56 Å². The van der Waals surface area contributed by atoms with Crippen LogP contribution in [0.15, 0.2) is 36.9 Å². The molecule has 0 aliphatic rings. The highest BCUT2D eigenvalue weighted by Gasteiger charge is 1.93. The van der Waals surface area contributed by atoms with Crippen molar-refractivity contribution in [1.29, 1.82) is 0 Å². The van der Waals surface area contributed by atoms with Crippen molar-refractivity contribution in [1.82, 2.24) is 0 Å². The lowest BCUT2D eigenvalue weighted by Crippen LogP contribution is -2.10. The second-order valence-electron chi connectivity index (χ2n) is 2.90. The standard InChI is InChI=1S/C8H8.C4H6O3S2/c1-2-8-6-4-3-5-7-8;5-3(8)1-7-2-4(6)9/h2-7H,1H2;1-2H2,(H,5,8)(H,6,9). The summed E-state index contributed by atoms with van der Waals surface area (Å²) >= 11 is 8.51. The van der Waals surface area contributed by atoms with Crippen molar-refractivity contribution in [2.24, 2.45) is 0 Å². The quantitative estimate of drug-likeness (QED) is 0.805. The molecule has 0 radical (unpaired) electrons. The zero-order valence-electron chi connectivity index (χ0n) is 9.20. The summed E-state index contributed by atoms with van der Waals surface area (Å²) < 4.78 is 4.57. The topological polar surface area (TPSA) is 49.7 Å². The van der Waals surface area contributed by atoms with Gasteiger partial charge in [-0.3, -0.25) is 0 Å². The van der Waals surface area contributed by atoms with Crippen LogP contribution in [0.3, 0.4) is 0 Å². The number of ether oxygens (including phenoxy) is 1. The van der Waals surface area contributed by atoms with Crippen LogP contribution in [-0.2, 0) is 4.74 Å². The number of thiocarbonyl (C=S) groups is 2. The third kappa shape index (κ3) is 11.0. The summed E-state index contributed by atoms with van der Waals surface area (Å²) in [6.45, 7) is 3.51. The molecular weight excluding hydrogens is 256 g/mol. The molecule has 0 spiro atoms. The molecule has 3 nitrogen and oxygen atoms in total. The molecule has 0 amide bonds. The lowest BCUT2D eigenvalue weighted by atomic mass is 10.2. The van der Waals surface area contributed by atoms with Gasteiger partial charge in [0.2, 0.25) is 0 Å². The van der Waals surface area contributed by atoms with Crippen LogP contribution in [0.4, 0.5) is 0 Å². The highest BCUT2D eigenvalue weighted by molar-refractivity contribution is 7.80. The summed E-state index contributed by atoms with van der Waals surface area (Å²) in [6.07, 6.45) is 1.83. The molecular formula is C12H14O3S2. The molecule has 0 saturated heterocycles. The van der Waals surface area contributed by atoms with Crippen LogP contribution < -0.4 is 0 Å². The molecule has 92 valence electrons. The first-order valence-corrected chi connectivity index (χ1v) is 5.56. The number of aliphatic hydroxyl groups is 2. The van der Waals surface area contributed by atoms with Gasteiger partial charge in [0.05, 0.1) is 0 Å². The van der Waals surface area contributed by atoms with Crippen molar-refractivity contribution in [3.8, 4) is 0 Å². The highest BCUT2D eigenvalue weighted by atomic mass is 32.1. The first-order valence-electron chi connectivity index (χ1n) is 4.75. The number of hydrogen-bond donors (Lipinski definition) is 2. The Kier molecular flexibility index (Phi) is 9.14. The molecule has 0 aliphatic heterocycles. The van der Waals surface area contributed by atoms with E-state index in [1.165, 1.54) is 5.56 Å². The Morgan fingerprint density at radius 3 is 1.88 bits per heavy atom. The number of benzene rings is 1. The van der Waals surface area contributed by atoms with E-state index in [0.29, 0.717) is 0 Å². The fourth-order valence-corrected chi connectivity index (χ4v) is 0.981. The van der Waals surface area contributed by atoms with Gasteiger partial charge in [-0.15, -0.1) is 0 Å². The first kappa shape index (κ1) is 15.7. The molecule has 1 rings (SSSR count). The van der Waals surface area contributed by atoms with Gasteiger partial charge in [0.25, 0.3) is 0 Å². The Hall–Kier alpha value is -1.30. The van der Waals surface area contributed by atoms with E-state index in [4.69, 9.17) is 10.2 Å². The Morgan fingerprint density at radius 2 is 1.59 bits per heavy atom. The van der Waals surface area contributed by atoms with E-state index in [-0.39, 0.29) is 23.3 Å². The molecule has 17 heavy (non-hydrogen) atoms. The maximum atomic E-state index is 8.35. The fourth-order valence-electron chi connectivity index (χ4n) is 0.815. The predicted octanol–water partition coefficient (Wildman–Crippen LogP) is 3.10. The second kappa shape index (κ2) is 9.89. The largest absolute Gasteiger partial charge is 0.500 e. The molecule has 0 fully saturated rings. The minimum absolute atomic E-state index is 0.0595. The molecule has 5 heteroatoms. The van der Waals surface area contributed by atoms with E-state index in [1.807, 2.05) is 36.4 Å². The minimum atomic E-state index is -0.244. The Morgan fingerprint density at radius 1 is 1.12 bits per heavy atom. The minimum Gasteiger partial charge on any atom is -0.500 e. The SMILES string of the molecule is C=Cc1ccccc1.OC(=S)COCC(O)=S. The van der Waals surface area contributed by atoms with Gasteiger partial charge in [-0.05, 0) is 30.0 Å². The molecule has 0 atom stereocenters. The smallest absolute Gasteiger partial charge is 0.183 e. The molecule has 1 aromatic rings. The van der Waals surface area contributed by atoms with E-state index in [2.05, 4.69) is 35.8 Å². The first-order chi connectivity index (χ1) is 8.06. The monoisotopic (exact) mass is 270 g/mol. The van der Waals surface area contributed by atoms with Crippen LogP contribution in [0, 0.1) is 0 Å². The molecule has 1 aromatic carbocycles. The van der Waals surface area contributed by atoms with E-state index in [9.17, 15) is 0 Å². The summed E-state index contributed by atoms with van der Waals surface area (Å²) in [5.74, 6) is 0. The summed E-state index contributed by atoms with van der Waals surface area (Å²) in [5, 5.41) is 16.2. The van der Waals surface area contributed by atoms with Crippen LogP contribution in [-0.4, -0.2) is 33.5 Å². The maximum Gasteiger partial charge on any atom is 0.183 e. The van der Waals surface area contributed by atoms with Gasteiger partial charge in [0.1, 0.15) is 13.2 Å². The maximum absolute atomic E-state index is 8.35. The van der Waals surface area contributed by atoms with E-state index in [0.717, 1.165) is 0 Å².